The number of rotatable bonds is 5. The monoisotopic (exact) mass is 542 g/mol. The van der Waals surface area contributed by atoms with E-state index in [-0.39, 0.29) is 31.3 Å². The highest BCUT2D eigenvalue weighted by molar-refractivity contribution is 8.13. The van der Waals surface area contributed by atoms with E-state index in [1.54, 1.807) is 20.8 Å². The molecule has 2 unspecified atom stereocenters. The number of allylic oxidation sites excluding steroid dienone is 4. The molecule has 3 saturated carbocycles. The highest BCUT2D eigenvalue weighted by Gasteiger charge is 2.79. The van der Waals surface area contributed by atoms with E-state index in [0.29, 0.717) is 11.8 Å². The van der Waals surface area contributed by atoms with Gasteiger partial charge in [-0.05, 0) is 61.6 Å². The molecule has 204 valence electrons. The third-order valence-electron chi connectivity index (χ3n) is 9.50. The predicted octanol–water partition coefficient (Wildman–Crippen LogP) is 5.00. The molecule has 0 saturated heterocycles. The van der Waals surface area contributed by atoms with Crippen LogP contribution in [0.4, 0.5) is 13.2 Å². The molecule has 3 fully saturated rings. The first-order valence-electron chi connectivity index (χ1n) is 12.6. The number of carbonyl (C=O) groups excluding carboxylic acids is 4. The molecule has 0 aromatic rings. The lowest BCUT2D eigenvalue weighted by Crippen LogP contribution is -2.71. The van der Waals surface area contributed by atoms with Crippen LogP contribution in [-0.2, 0) is 28.7 Å². The van der Waals surface area contributed by atoms with Crippen molar-refractivity contribution in [2.75, 3.05) is 6.01 Å². The first-order valence-corrected chi connectivity index (χ1v) is 13.6. The van der Waals surface area contributed by atoms with Gasteiger partial charge in [0.25, 0.3) is 0 Å². The van der Waals surface area contributed by atoms with Crippen LogP contribution in [0.25, 0.3) is 0 Å². The molecule has 0 bridgehead atoms. The number of hydrogen-bond acceptors (Lipinski definition) is 7. The number of esters is 2. The summed E-state index contributed by atoms with van der Waals surface area (Å²) in [4.78, 5) is 50.5. The molecule has 4 aliphatic rings. The SMILES string of the molecule is CCC(=O)O[C@]1(C(=O)SCF)[C@H](C)CC2C3C[C@H](F)C4=CC(=O)C=C[C@]4(C)[C@@]3(F)[C@@H](OC(C)=O)C[C@@]21C. The lowest BCUT2D eigenvalue weighted by atomic mass is 9.44. The Morgan fingerprint density at radius 1 is 1.19 bits per heavy atom. The Bertz CT molecular complexity index is 1090. The van der Waals surface area contributed by atoms with Crippen LogP contribution in [-0.4, -0.2) is 52.4 Å². The van der Waals surface area contributed by atoms with Crippen LogP contribution in [0, 0.1) is 28.6 Å². The summed E-state index contributed by atoms with van der Waals surface area (Å²) in [6.07, 6.45) is 0.268. The first-order chi connectivity index (χ1) is 17.2. The van der Waals surface area contributed by atoms with Gasteiger partial charge < -0.3 is 9.47 Å². The summed E-state index contributed by atoms with van der Waals surface area (Å²) in [7, 11) is 0. The van der Waals surface area contributed by atoms with E-state index >= 15 is 8.78 Å². The van der Waals surface area contributed by atoms with Gasteiger partial charge >= 0.3 is 11.9 Å². The zero-order valence-electron chi connectivity index (χ0n) is 21.6. The Kier molecular flexibility index (Phi) is 7.00. The smallest absolute Gasteiger partial charge is 0.306 e. The number of thioether (sulfide) groups is 1. The predicted molar refractivity (Wildman–Crippen MR) is 130 cm³/mol. The lowest BCUT2D eigenvalue weighted by molar-refractivity contribution is -0.236. The van der Waals surface area contributed by atoms with Crippen molar-refractivity contribution in [1.82, 2.24) is 0 Å². The zero-order valence-corrected chi connectivity index (χ0v) is 22.5. The second-order valence-corrected chi connectivity index (χ2v) is 12.1. The van der Waals surface area contributed by atoms with Crippen molar-refractivity contribution in [1.29, 1.82) is 0 Å². The fourth-order valence-electron chi connectivity index (χ4n) is 7.92. The second kappa shape index (κ2) is 9.27. The molecule has 37 heavy (non-hydrogen) atoms. The van der Waals surface area contributed by atoms with Gasteiger partial charge in [0.05, 0.1) is 0 Å². The number of ether oxygens (including phenoxy) is 2. The van der Waals surface area contributed by atoms with Gasteiger partial charge in [0.15, 0.2) is 17.1 Å². The van der Waals surface area contributed by atoms with Gasteiger partial charge in [-0.3, -0.25) is 19.2 Å². The van der Waals surface area contributed by atoms with Gasteiger partial charge in [-0.15, -0.1) is 0 Å². The Balaban J connectivity index is 1.94. The largest absolute Gasteiger partial charge is 0.459 e. The summed E-state index contributed by atoms with van der Waals surface area (Å²) in [5.74, 6) is -4.21. The molecule has 6 nitrogen and oxygen atoms in total. The average molecular weight is 543 g/mol. The van der Waals surface area contributed by atoms with E-state index in [2.05, 4.69) is 0 Å². The lowest BCUT2D eigenvalue weighted by Gasteiger charge is -2.63. The number of halogens is 3. The summed E-state index contributed by atoms with van der Waals surface area (Å²) >= 11 is 0.384. The summed E-state index contributed by atoms with van der Waals surface area (Å²) in [5.41, 5.74) is -6.99. The van der Waals surface area contributed by atoms with Gasteiger partial charge in [-0.1, -0.05) is 26.8 Å². The Morgan fingerprint density at radius 2 is 1.86 bits per heavy atom. The fraction of sp³-hybridized carbons (Fsp3) is 0.704. The van der Waals surface area contributed by atoms with E-state index < -0.39 is 81.0 Å². The van der Waals surface area contributed by atoms with Crippen molar-refractivity contribution in [3.63, 3.8) is 0 Å². The van der Waals surface area contributed by atoms with E-state index in [1.165, 1.54) is 19.1 Å². The normalized spacial score (nSPS) is 44.3. The average Bonchev–Trinajstić information content (AvgIpc) is 3.04. The molecule has 4 rings (SSSR count). The van der Waals surface area contributed by atoms with Gasteiger partial charge in [-0.25, -0.2) is 13.2 Å². The maximum absolute atomic E-state index is 17.8. The van der Waals surface area contributed by atoms with Crippen molar-refractivity contribution in [2.24, 2.45) is 28.6 Å². The van der Waals surface area contributed by atoms with Crippen LogP contribution < -0.4 is 0 Å². The molecular weight excluding hydrogens is 509 g/mol. The molecular formula is C27H33F3O6S. The van der Waals surface area contributed by atoms with E-state index in [1.807, 2.05) is 0 Å². The maximum atomic E-state index is 17.8. The van der Waals surface area contributed by atoms with Gasteiger partial charge in [0, 0.05) is 36.0 Å². The molecule has 0 N–H and O–H groups in total. The molecule has 0 aromatic heterocycles. The van der Waals surface area contributed by atoms with E-state index in [0.717, 1.165) is 13.0 Å². The topological polar surface area (TPSA) is 86.7 Å². The quantitative estimate of drug-likeness (QED) is 0.452. The van der Waals surface area contributed by atoms with Gasteiger partial charge in [0.1, 0.15) is 18.3 Å². The number of alkyl halides is 3. The molecule has 9 atom stereocenters. The Morgan fingerprint density at radius 3 is 2.46 bits per heavy atom. The van der Waals surface area contributed by atoms with Gasteiger partial charge in [-0.2, -0.15) is 0 Å². The number of fused-ring (bicyclic) bond motifs is 5. The minimum absolute atomic E-state index is 0.00159. The van der Waals surface area contributed by atoms with Crippen molar-refractivity contribution in [2.45, 2.75) is 83.8 Å². The molecule has 0 radical (unpaired) electrons. The van der Waals surface area contributed by atoms with E-state index in [4.69, 9.17) is 9.47 Å². The molecule has 0 aliphatic heterocycles. The second-order valence-electron chi connectivity index (χ2n) is 11.2. The first kappa shape index (κ1) is 27.9. The van der Waals surface area contributed by atoms with Crippen molar-refractivity contribution >= 4 is 34.6 Å². The van der Waals surface area contributed by atoms with Crippen LogP contribution in [0.15, 0.2) is 23.8 Å². The maximum Gasteiger partial charge on any atom is 0.306 e. The van der Waals surface area contributed by atoms with Crippen molar-refractivity contribution < 1.29 is 41.8 Å². The molecule has 4 aliphatic carbocycles. The van der Waals surface area contributed by atoms with E-state index in [9.17, 15) is 23.6 Å². The summed E-state index contributed by atoms with van der Waals surface area (Å²) in [6, 6.07) is -1.04. The Labute approximate surface area is 218 Å². The van der Waals surface area contributed by atoms with Crippen molar-refractivity contribution in [3.05, 3.63) is 23.8 Å². The van der Waals surface area contributed by atoms with Crippen LogP contribution in [0.5, 0.6) is 0 Å². The third-order valence-corrected chi connectivity index (χ3v) is 10.2. The number of hydrogen-bond donors (Lipinski definition) is 0. The minimum Gasteiger partial charge on any atom is -0.459 e. The third kappa shape index (κ3) is 3.67. The van der Waals surface area contributed by atoms with Crippen LogP contribution in [0.1, 0.15) is 60.3 Å². The zero-order chi connectivity index (χ0) is 27.6. The Hall–Kier alpha value is -2.10. The summed E-state index contributed by atoms with van der Waals surface area (Å²) < 4.78 is 58.5. The summed E-state index contributed by atoms with van der Waals surface area (Å²) in [6.45, 7) is 7.59. The number of carbonyl (C=O) groups is 4. The summed E-state index contributed by atoms with van der Waals surface area (Å²) in [5, 5.41) is -0.690. The fourth-order valence-corrected chi connectivity index (χ4v) is 8.71. The highest BCUT2D eigenvalue weighted by Crippen LogP contribution is 2.72. The highest BCUT2D eigenvalue weighted by atomic mass is 32.2. The van der Waals surface area contributed by atoms with Crippen LogP contribution in [0.2, 0.25) is 0 Å². The van der Waals surface area contributed by atoms with Crippen LogP contribution >= 0.6 is 11.8 Å². The standard InChI is InChI=1S/C27H33F3O6S/c1-6-22(33)36-27(23(34)37-13-28)14(2)9-17-18-11-20(29)19-10-16(32)7-8-24(19,4)26(18,30)21(35-15(3)31)12-25(17,27)5/h7-8,10,14,17-18,20-21H,6,9,11-13H2,1-5H3/t14-,17?,18?,20+,21+,24+,25+,26+,27+/m1/s1. The van der Waals surface area contributed by atoms with Gasteiger partial charge in [0.2, 0.25) is 5.12 Å². The molecule has 0 amide bonds. The van der Waals surface area contributed by atoms with Crippen molar-refractivity contribution in [3.8, 4) is 0 Å². The molecule has 10 heteroatoms. The molecule has 0 aromatic carbocycles. The molecule has 0 spiro atoms. The minimum atomic E-state index is -2.31. The molecule has 0 heterocycles. The number of ketones is 1. The van der Waals surface area contributed by atoms with Crippen LogP contribution in [0.3, 0.4) is 0 Å².